The van der Waals surface area contributed by atoms with Gasteiger partial charge in [-0.1, -0.05) is 30.3 Å². The predicted molar refractivity (Wildman–Crippen MR) is 105 cm³/mol. The van der Waals surface area contributed by atoms with E-state index in [0.717, 1.165) is 24.8 Å². The lowest BCUT2D eigenvalue weighted by Gasteiger charge is -2.35. The lowest BCUT2D eigenvalue weighted by atomic mass is 9.86. The van der Waals surface area contributed by atoms with Crippen LogP contribution in [0.3, 0.4) is 0 Å². The number of piperidine rings is 1. The van der Waals surface area contributed by atoms with Crippen LogP contribution in [0.5, 0.6) is 5.75 Å². The summed E-state index contributed by atoms with van der Waals surface area (Å²) in [6.45, 7) is 1.02. The molecule has 2 amide bonds. The van der Waals surface area contributed by atoms with Crippen LogP contribution in [0, 0.1) is 11.8 Å². The maximum absolute atomic E-state index is 13.0. The SMILES string of the molecule is COc1ccc(C(=O)N2CCC3C(OCc4ccccc4)CCC3C2=O)cc1. The number of carbonyl (C=O) groups is 2. The van der Waals surface area contributed by atoms with Gasteiger partial charge in [0.25, 0.3) is 5.91 Å². The lowest BCUT2D eigenvalue weighted by molar-refractivity contribution is -0.139. The van der Waals surface area contributed by atoms with Crippen molar-refractivity contribution < 1.29 is 19.1 Å². The van der Waals surface area contributed by atoms with E-state index in [4.69, 9.17) is 9.47 Å². The number of ether oxygens (including phenoxy) is 2. The average Bonchev–Trinajstić information content (AvgIpc) is 3.17. The Morgan fingerprint density at radius 2 is 1.79 bits per heavy atom. The Balaban J connectivity index is 1.39. The Kier molecular flexibility index (Phi) is 5.44. The highest BCUT2D eigenvalue weighted by atomic mass is 16.5. The minimum Gasteiger partial charge on any atom is -0.497 e. The summed E-state index contributed by atoms with van der Waals surface area (Å²) in [5.41, 5.74) is 1.66. The zero-order valence-electron chi connectivity index (χ0n) is 16.0. The monoisotopic (exact) mass is 379 g/mol. The first-order chi connectivity index (χ1) is 13.7. The van der Waals surface area contributed by atoms with E-state index < -0.39 is 0 Å². The van der Waals surface area contributed by atoms with Crippen LogP contribution in [0.15, 0.2) is 54.6 Å². The van der Waals surface area contributed by atoms with Crippen LogP contribution in [0.4, 0.5) is 0 Å². The van der Waals surface area contributed by atoms with Gasteiger partial charge in [-0.2, -0.15) is 0 Å². The summed E-state index contributed by atoms with van der Waals surface area (Å²) in [4.78, 5) is 27.2. The third kappa shape index (κ3) is 3.67. The summed E-state index contributed by atoms with van der Waals surface area (Å²) in [7, 11) is 1.58. The molecule has 0 N–H and O–H groups in total. The van der Waals surface area contributed by atoms with Crippen molar-refractivity contribution in [2.45, 2.75) is 32.0 Å². The molecule has 28 heavy (non-hydrogen) atoms. The van der Waals surface area contributed by atoms with Gasteiger partial charge in [0.05, 0.1) is 19.8 Å². The molecule has 4 rings (SSSR count). The zero-order chi connectivity index (χ0) is 19.5. The molecule has 1 aliphatic carbocycles. The van der Waals surface area contributed by atoms with Gasteiger partial charge in [-0.05, 0) is 55.0 Å². The Labute approximate surface area is 165 Å². The van der Waals surface area contributed by atoms with E-state index in [1.807, 2.05) is 30.3 Å². The molecule has 2 aliphatic rings. The third-order valence-electron chi connectivity index (χ3n) is 5.91. The Hall–Kier alpha value is -2.66. The van der Waals surface area contributed by atoms with Crippen molar-refractivity contribution in [1.82, 2.24) is 4.90 Å². The first-order valence-electron chi connectivity index (χ1n) is 9.82. The number of rotatable bonds is 5. The van der Waals surface area contributed by atoms with Crippen molar-refractivity contribution in [3.8, 4) is 5.75 Å². The number of likely N-dealkylation sites (tertiary alicyclic amines) is 1. The molecule has 0 bridgehead atoms. The van der Waals surface area contributed by atoms with Gasteiger partial charge >= 0.3 is 0 Å². The van der Waals surface area contributed by atoms with E-state index >= 15 is 0 Å². The minimum absolute atomic E-state index is 0.0529. The fourth-order valence-electron chi connectivity index (χ4n) is 4.39. The molecule has 0 radical (unpaired) electrons. The van der Waals surface area contributed by atoms with Crippen LogP contribution < -0.4 is 4.74 Å². The molecule has 1 saturated carbocycles. The van der Waals surface area contributed by atoms with E-state index in [2.05, 4.69) is 0 Å². The number of carbonyl (C=O) groups excluding carboxylic acids is 2. The summed E-state index contributed by atoms with van der Waals surface area (Å²) in [5, 5.41) is 0. The second kappa shape index (κ2) is 8.15. The van der Waals surface area contributed by atoms with Gasteiger partial charge in [-0.25, -0.2) is 0 Å². The molecule has 2 fully saturated rings. The van der Waals surface area contributed by atoms with E-state index in [1.165, 1.54) is 4.90 Å². The van der Waals surface area contributed by atoms with E-state index in [1.54, 1.807) is 31.4 Å². The molecule has 3 atom stereocenters. The van der Waals surface area contributed by atoms with Crippen molar-refractivity contribution in [3.05, 3.63) is 65.7 Å². The number of benzene rings is 2. The average molecular weight is 379 g/mol. The topological polar surface area (TPSA) is 55.8 Å². The summed E-state index contributed by atoms with van der Waals surface area (Å²) in [5.74, 6) is 0.506. The molecule has 1 saturated heterocycles. The normalized spacial score (nSPS) is 24.1. The molecule has 1 aliphatic heterocycles. The summed E-state index contributed by atoms with van der Waals surface area (Å²) >= 11 is 0. The number of amides is 2. The van der Waals surface area contributed by atoms with Crippen molar-refractivity contribution >= 4 is 11.8 Å². The van der Waals surface area contributed by atoms with Crippen LogP contribution in [0.1, 0.15) is 35.2 Å². The van der Waals surface area contributed by atoms with Gasteiger partial charge in [0.15, 0.2) is 0 Å². The lowest BCUT2D eigenvalue weighted by Crippen LogP contribution is -2.48. The first kappa shape index (κ1) is 18.7. The highest BCUT2D eigenvalue weighted by Crippen LogP contribution is 2.41. The van der Waals surface area contributed by atoms with Crippen LogP contribution in [-0.4, -0.2) is 36.5 Å². The standard InChI is InChI=1S/C23H25NO4/c1-27-18-9-7-17(8-10-18)22(25)24-14-13-19-20(23(24)26)11-12-21(19)28-15-16-5-3-2-4-6-16/h2-10,19-21H,11-15H2,1H3. The van der Waals surface area contributed by atoms with Gasteiger partial charge in [0.2, 0.25) is 5.91 Å². The summed E-state index contributed by atoms with van der Waals surface area (Å²) in [6.07, 6.45) is 2.55. The van der Waals surface area contributed by atoms with Crippen molar-refractivity contribution in [1.29, 1.82) is 0 Å². The van der Waals surface area contributed by atoms with Gasteiger partial charge in [0.1, 0.15) is 5.75 Å². The molecule has 0 aromatic heterocycles. The molecule has 0 spiro atoms. The predicted octanol–water partition coefficient (Wildman–Crippen LogP) is 3.68. The largest absolute Gasteiger partial charge is 0.497 e. The highest BCUT2D eigenvalue weighted by Gasteiger charge is 2.46. The maximum atomic E-state index is 13.0. The van der Waals surface area contributed by atoms with E-state index in [-0.39, 0.29) is 29.8 Å². The number of hydrogen-bond donors (Lipinski definition) is 0. The second-order valence-electron chi connectivity index (χ2n) is 7.49. The fraction of sp³-hybridized carbons (Fsp3) is 0.391. The van der Waals surface area contributed by atoms with Crippen LogP contribution >= 0.6 is 0 Å². The van der Waals surface area contributed by atoms with Gasteiger partial charge in [-0.3, -0.25) is 14.5 Å². The smallest absolute Gasteiger partial charge is 0.260 e. The van der Waals surface area contributed by atoms with Gasteiger partial charge in [-0.15, -0.1) is 0 Å². The number of imide groups is 1. The maximum Gasteiger partial charge on any atom is 0.260 e. The second-order valence-corrected chi connectivity index (χ2v) is 7.49. The minimum atomic E-state index is -0.222. The fourth-order valence-corrected chi connectivity index (χ4v) is 4.39. The molecule has 5 nitrogen and oxygen atoms in total. The molecule has 5 heteroatoms. The van der Waals surface area contributed by atoms with Gasteiger partial charge < -0.3 is 9.47 Å². The quantitative estimate of drug-likeness (QED) is 0.744. The molecular weight excluding hydrogens is 354 g/mol. The summed E-state index contributed by atoms with van der Waals surface area (Å²) < 4.78 is 11.3. The highest BCUT2D eigenvalue weighted by molar-refractivity contribution is 6.05. The van der Waals surface area contributed by atoms with E-state index in [9.17, 15) is 9.59 Å². The number of hydrogen-bond acceptors (Lipinski definition) is 4. The van der Waals surface area contributed by atoms with Crippen LogP contribution in [-0.2, 0) is 16.1 Å². The third-order valence-corrected chi connectivity index (χ3v) is 5.91. The Bertz CT molecular complexity index is 833. The Morgan fingerprint density at radius 1 is 1.04 bits per heavy atom. The van der Waals surface area contributed by atoms with Crippen molar-refractivity contribution in [3.63, 3.8) is 0 Å². The number of methoxy groups -OCH3 is 1. The molecule has 146 valence electrons. The van der Waals surface area contributed by atoms with Crippen LogP contribution in [0.25, 0.3) is 0 Å². The molecule has 2 aromatic carbocycles. The number of fused-ring (bicyclic) bond motifs is 1. The van der Waals surface area contributed by atoms with Crippen molar-refractivity contribution in [2.24, 2.45) is 11.8 Å². The van der Waals surface area contributed by atoms with E-state index in [0.29, 0.717) is 24.5 Å². The van der Waals surface area contributed by atoms with Gasteiger partial charge in [0, 0.05) is 18.0 Å². The molecular formula is C23H25NO4. The first-order valence-corrected chi connectivity index (χ1v) is 9.82. The van der Waals surface area contributed by atoms with Crippen LogP contribution in [0.2, 0.25) is 0 Å². The molecule has 1 heterocycles. The molecule has 3 unspecified atom stereocenters. The Morgan fingerprint density at radius 3 is 2.50 bits per heavy atom. The molecule has 2 aromatic rings. The zero-order valence-corrected chi connectivity index (χ0v) is 16.0. The summed E-state index contributed by atoms with van der Waals surface area (Å²) in [6, 6.07) is 17.0. The number of nitrogens with zero attached hydrogens (tertiary/aromatic N) is 1. The van der Waals surface area contributed by atoms with Crippen molar-refractivity contribution in [2.75, 3.05) is 13.7 Å².